The maximum Gasteiger partial charge on any atom is 0.251 e. The molecular weight excluding hydrogens is 364 g/mol. The molecule has 0 bridgehead atoms. The number of benzene rings is 2. The van der Waals surface area contributed by atoms with Gasteiger partial charge in [0.1, 0.15) is 17.3 Å². The molecule has 142 valence electrons. The highest BCUT2D eigenvalue weighted by atomic mass is 19.1. The van der Waals surface area contributed by atoms with Gasteiger partial charge in [-0.15, -0.1) is 0 Å². The number of aromatic nitrogens is 3. The zero-order valence-corrected chi connectivity index (χ0v) is 15.5. The van der Waals surface area contributed by atoms with Crippen LogP contribution < -0.4 is 5.43 Å². The number of halogens is 2. The predicted octanol–water partition coefficient (Wildman–Crippen LogP) is 4.62. The Morgan fingerprint density at radius 1 is 1.07 bits per heavy atom. The van der Waals surface area contributed by atoms with E-state index in [-0.39, 0.29) is 28.1 Å². The fourth-order valence-corrected chi connectivity index (χ4v) is 2.88. The smallest absolute Gasteiger partial charge is 0.251 e. The summed E-state index contributed by atoms with van der Waals surface area (Å²) in [6, 6.07) is 9.86. The third kappa shape index (κ3) is 2.98. The lowest BCUT2D eigenvalue weighted by atomic mass is 9.94. The van der Waals surface area contributed by atoms with Gasteiger partial charge in [-0.2, -0.15) is 5.10 Å². The predicted molar refractivity (Wildman–Crippen MR) is 101 cm³/mol. The number of hydrogen-bond acceptors (Lipinski definition) is 4. The van der Waals surface area contributed by atoms with Crippen LogP contribution in [0.2, 0.25) is 0 Å². The van der Waals surface area contributed by atoms with E-state index >= 15 is 0 Å². The van der Waals surface area contributed by atoms with E-state index in [1.54, 1.807) is 30.5 Å². The molecule has 0 N–H and O–H groups in total. The van der Waals surface area contributed by atoms with Gasteiger partial charge in [-0.25, -0.2) is 18.4 Å². The maximum atomic E-state index is 14.4. The Labute approximate surface area is 159 Å². The van der Waals surface area contributed by atoms with E-state index in [1.807, 2.05) is 20.8 Å². The number of para-hydroxylation sites is 1. The first kappa shape index (κ1) is 18.0. The summed E-state index contributed by atoms with van der Waals surface area (Å²) in [5.74, 6) is -0.849. The quantitative estimate of drug-likeness (QED) is 0.508. The lowest BCUT2D eigenvalue weighted by Gasteiger charge is -2.13. The molecule has 0 fully saturated rings. The van der Waals surface area contributed by atoms with E-state index in [2.05, 4.69) is 10.1 Å². The summed E-state index contributed by atoms with van der Waals surface area (Å²) in [6.45, 7) is 5.87. The van der Waals surface area contributed by atoms with E-state index in [0.717, 1.165) is 12.1 Å². The minimum absolute atomic E-state index is 0.0152. The van der Waals surface area contributed by atoms with Crippen LogP contribution in [-0.4, -0.2) is 14.8 Å². The molecule has 0 radical (unpaired) electrons. The van der Waals surface area contributed by atoms with E-state index in [1.165, 1.54) is 10.7 Å². The first-order chi connectivity index (χ1) is 13.3. The average Bonchev–Trinajstić information content (AvgIpc) is 3.13. The Balaban J connectivity index is 2.02. The van der Waals surface area contributed by atoms with Crippen molar-refractivity contribution in [1.82, 2.24) is 14.8 Å². The fourth-order valence-electron chi connectivity index (χ4n) is 2.88. The number of oxazole rings is 1. The molecule has 0 aliphatic carbocycles. The van der Waals surface area contributed by atoms with E-state index < -0.39 is 11.6 Å². The van der Waals surface area contributed by atoms with Gasteiger partial charge >= 0.3 is 0 Å². The van der Waals surface area contributed by atoms with E-state index in [9.17, 15) is 13.6 Å². The lowest BCUT2D eigenvalue weighted by molar-refractivity contribution is 0.414. The highest BCUT2D eigenvalue weighted by molar-refractivity contribution is 5.82. The summed E-state index contributed by atoms with van der Waals surface area (Å²) in [6.07, 6.45) is 1.55. The van der Waals surface area contributed by atoms with Crippen LogP contribution in [0, 0.1) is 11.6 Å². The standard InChI is InChI=1S/C21H17F2N3O2/c1-21(2,3)17-11-24-20(28-17)18-19(27)13-6-4-5-7-15(13)26(25-18)16-9-8-12(22)10-14(16)23/h4-11H,1-3H3. The van der Waals surface area contributed by atoms with Crippen molar-refractivity contribution in [2.45, 2.75) is 26.2 Å². The largest absolute Gasteiger partial charge is 0.439 e. The summed E-state index contributed by atoms with van der Waals surface area (Å²) in [5, 5.41) is 4.64. The second-order valence-electron chi connectivity index (χ2n) is 7.48. The molecule has 4 aromatic rings. The molecule has 2 heterocycles. The number of hydrogen-bond donors (Lipinski definition) is 0. The molecule has 0 aliphatic rings. The Hall–Kier alpha value is -3.35. The molecule has 0 spiro atoms. The van der Waals surface area contributed by atoms with Crippen molar-refractivity contribution in [3.05, 3.63) is 76.3 Å². The Kier molecular flexibility index (Phi) is 4.10. The van der Waals surface area contributed by atoms with Crippen LogP contribution in [0.5, 0.6) is 0 Å². The van der Waals surface area contributed by atoms with Crippen molar-refractivity contribution in [2.24, 2.45) is 0 Å². The van der Waals surface area contributed by atoms with Gasteiger partial charge in [0, 0.05) is 11.5 Å². The number of fused-ring (bicyclic) bond motifs is 1. The van der Waals surface area contributed by atoms with Crippen molar-refractivity contribution in [3.63, 3.8) is 0 Å². The van der Waals surface area contributed by atoms with Crippen LogP contribution in [0.15, 0.2) is 57.9 Å². The average molecular weight is 381 g/mol. The molecule has 2 aromatic heterocycles. The molecular formula is C21H17F2N3O2. The Morgan fingerprint density at radius 2 is 1.82 bits per heavy atom. The van der Waals surface area contributed by atoms with Crippen molar-refractivity contribution < 1.29 is 13.2 Å². The molecule has 5 nitrogen and oxygen atoms in total. The molecule has 0 unspecified atom stereocenters. The molecule has 0 atom stereocenters. The van der Waals surface area contributed by atoms with E-state index in [4.69, 9.17) is 4.42 Å². The molecule has 0 saturated heterocycles. The summed E-state index contributed by atoms with van der Waals surface area (Å²) < 4.78 is 34.8. The van der Waals surface area contributed by atoms with Gasteiger partial charge in [0.2, 0.25) is 5.43 Å². The minimum Gasteiger partial charge on any atom is -0.439 e. The van der Waals surface area contributed by atoms with Gasteiger partial charge in [0.05, 0.1) is 17.1 Å². The second kappa shape index (κ2) is 6.37. The summed E-state index contributed by atoms with van der Waals surface area (Å²) in [7, 11) is 0. The van der Waals surface area contributed by atoms with Gasteiger partial charge in [-0.3, -0.25) is 4.79 Å². The van der Waals surface area contributed by atoms with Crippen LogP contribution in [-0.2, 0) is 5.41 Å². The minimum atomic E-state index is -0.796. The van der Waals surface area contributed by atoms with Crippen LogP contribution >= 0.6 is 0 Å². The molecule has 0 aliphatic heterocycles. The van der Waals surface area contributed by atoms with Gasteiger partial charge in [-0.05, 0) is 24.3 Å². The van der Waals surface area contributed by atoms with Crippen LogP contribution in [0.4, 0.5) is 8.78 Å². The Morgan fingerprint density at radius 3 is 2.50 bits per heavy atom. The summed E-state index contributed by atoms with van der Waals surface area (Å²) in [4.78, 5) is 17.2. The third-order valence-electron chi connectivity index (χ3n) is 4.38. The zero-order chi connectivity index (χ0) is 20.1. The SMILES string of the molecule is CC(C)(C)c1cnc(-c2nn(-c3ccc(F)cc3F)c3ccccc3c2=O)o1. The van der Waals surface area contributed by atoms with Gasteiger partial charge in [0.15, 0.2) is 11.5 Å². The van der Waals surface area contributed by atoms with E-state index in [0.29, 0.717) is 16.7 Å². The fraction of sp³-hybridized carbons (Fsp3) is 0.190. The van der Waals surface area contributed by atoms with Crippen molar-refractivity contribution in [1.29, 1.82) is 0 Å². The third-order valence-corrected chi connectivity index (χ3v) is 4.38. The molecule has 0 amide bonds. The van der Waals surface area contributed by atoms with Crippen LogP contribution in [0.3, 0.4) is 0 Å². The van der Waals surface area contributed by atoms with Gasteiger partial charge < -0.3 is 4.42 Å². The highest BCUT2D eigenvalue weighted by Crippen LogP contribution is 2.27. The number of rotatable bonds is 2. The topological polar surface area (TPSA) is 60.9 Å². The van der Waals surface area contributed by atoms with Crippen molar-refractivity contribution in [2.75, 3.05) is 0 Å². The molecule has 7 heteroatoms. The molecule has 28 heavy (non-hydrogen) atoms. The first-order valence-corrected chi connectivity index (χ1v) is 8.70. The van der Waals surface area contributed by atoms with Crippen LogP contribution in [0.1, 0.15) is 26.5 Å². The summed E-state index contributed by atoms with van der Waals surface area (Å²) in [5.41, 5.74) is -0.315. The lowest BCUT2D eigenvalue weighted by Crippen LogP contribution is -2.16. The Bertz CT molecular complexity index is 1250. The highest BCUT2D eigenvalue weighted by Gasteiger charge is 2.23. The van der Waals surface area contributed by atoms with Crippen molar-refractivity contribution >= 4 is 10.9 Å². The first-order valence-electron chi connectivity index (χ1n) is 8.70. The van der Waals surface area contributed by atoms with Crippen LogP contribution in [0.25, 0.3) is 28.2 Å². The second-order valence-corrected chi connectivity index (χ2v) is 7.48. The van der Waals surface area contributed by atoms with Crippen molar-refractivity contribution in [3.8, 4) is 17.3 Å². The molecule has 2 aromatic carbocycles. The normalized spacial score (nSPS) is 11.9. The number of nitrogens with zero attached hydrogens (tertiary/aromatic N) is 3. The molecule has 4 rings (SSSR count). The summed E-state index contributed by atoms with van der Waals surface area (Å²) >= 11 is 0. The van der Waals surface area contributed by atoms with Gasteiger partial charge in [-0.1, -0.05) is 32.9 Å². The maximum absolute atomic E-state index is 14.4. The zero-order valence-electron chi connectivity index (χ0n) is 15.5. The molecule has 0 saturated carbocycles. The van der Waals surface area contributed by atoms with Gasteiger partial charge in [0.25, 0.3) is 5.89 Å². The monoisotopic (exact) mass is 381 g/mol.